The summed E-state index contributed by atoms with van der Waals surface area (Å²) in [5.41, 5.74) is 0.569. The minimum Gasteiger partial charge on any atom is -0.266 e. The number of hydrogen-bond acceptors (Lipinski definition) is 1. The second-order valence-corrected chi connectivity index (χ2v) is 2.68. The van der Waals surface area contributed by atoms with Crippen LogP contribution in [0, 0.1) is 6.92 Å². The van der Waals surface area contributed by atoms with Crippen LogP contribution in [0.3, 0.4) is 0 Å². The maximum absolute atomic E-state index is 12.7. The zero-order valence-corrected chi connectivity index (χ0v) is 6.73. The summed E-state index contributed by atoms with van der Waals surface area (Å²) in [4.78, 5) is 0. The normalized spacial score (nSPS) is 12.1. The molecule has 0 unspecified atom stereocenters. The molecule has 0 aliphatic rings. The van der Waals surface area contributed by atoms with Crippen molar-refractivity contribution in [3.63, 3.8) is 0 Å². The Bertz CT molecular complexity index is 260. The lowest BCUT2D eigenvalue weighted by atomic mass is 10.2. The van der Waals surface area contributed by atoms with Gasteiger partial charge in [-0.3, -0.25) is 4.68 Å². The highest BCUT2D eigenvalue weighted by atomic mass is 19.3. The fourth-order valence-electron chi connectivity index (χ4n) is 1.02. The van der Waals surface area contributed by atoms with Crippen LogP contribution in [-0.4, -0.2) is 9.78 Å². The second kappa shape index (κ2) is 2.29. The predicted octanol–water partition coefficient (Wildman–Crippen LogP) is 1.84. The van der Waals surface area contributed by atoms with Gasteiger partial charge >= 0.3 is 0 Å². The van der Waals surface area contributed by atoms with Gasteiger partial charge in [0.15, 0.2) is 0 Å². The van der Waals surface area contributed by atoms with E-state index in [0.29, 0.717) is 5.69 Å². The van der Waals surface area contributed by atoms with Gasteiger partial charge in [-0.2, -0.15) is 13.9 Å². The van der Waals surface area contributed by atoms with E-state index in [2.05, 4.69) is 5.10 Å². The summed E-state index contributed by atoms with van der Waals surface area (Å²) in [6, 6.07) is 1.39. The number of halogens is 2. The molecule has 62 valence electrons. The van der Waals surface area contributed by atoms with Crippen LogP contribution in [0.5, 0.6) is 0 Å². The summed E-state index contributed by atoms with van der Waals surface area (Å²) in [5.74, 6) is -2.80. The third-order valence-corrected chi connectivity index (χ3v) is 1.45. The molecule has 1 aromatic rings. The number of nitrogens with zero attached hydrogens (tertiary/aromatic N) is 2. The third-order valence-electron chi connectivity index (χ3n) is 1.45. The molecule has 0 radical (unpaired) electrons. The monoisotopic (exact) mass is 160 g/mol. The highest BCUT2D eigenvalue weighted by Crippen LogP contribution is 2.26. The summed E-state index contributed by atoms with van der Waals surface area (Å²) in [6.07, 6.45) is 0. The summed E-state index contributed by atoms with van der Waals surface area (Å²) >= 11 is 0. The first kappa shape index (κ1) is 8.17. The van der Waals surface area contributed by atoms with Crippen molar-refractivity contribution in [2.24, 2.45) is 7.05 Å². The molecule has 1 aromatic heterocycles. The molecule has 0 fully saturated rings. The minimum atomic E-state index is -2.80. The average Bonchev–Trinajstić information content (AvgIpc) is 2.08. The van der Waals surface area contributed by atoms with E-state index in [0.717, 1.165) is 6.92 Å². The molecule has 1 rings (SSSR count). The molecule has 4 heteroatoms. The van der Waals surface area contributed by atoms with Gasteiger partial charge in [-0.25, -0.2) is 0 Å². The van der Waals surface area contributed by atoms with Gasteiger partial charge in [-0.1, -0.05) is 0 Å². The lowest BCUT2D eigenvalue weighted by Crippen LogP contribution is -2.12. The van der Waals surface area contributed by atoms with Crippen LogP contribution in [-0.2, 0) is 13.0 Å². The maximum atomic E-state index is 12.7. The molecular formula is C7H10F2N2. The van der Waals surface area contributed by atoms with E-state index in [9.17, 15) is 8.78 Å². The molecule has 0 aliphatic heterocycles. The molecule has 0 aromatic carbocycles. The van der Waals surface area contributed by atoms with Gasteiger partial charge in [-0.05, 0) is 13.0 Å². The molecule has 0 atom stereocenters. The van der Waals surface area contributed by atoms with Crippen LogP contribution in [0.15, 0.2) is 6.07 Å². The highest BCUT2D eigenvalue weighted by molar-refractivity contribution is 5.12. The van der Waals surface area contributed by atoms with Crippen molar-refractivity contribution in [2.75, 3.05) is 0 Å². The molecule has 0 saturated carbocycles. The average molecular weight is 160 g/mol. The lowest BCUT2D eigenvalue weighted by Gasteiger charge is -2.08. The summed E-state index contributed by atoms with van der Waals surface area (Å²) < 4.78 is 26.5. The van der Waals surface area contributed by atoms with Crippen LogP contribution < -0.4 is 0 Å². The first-order chi connectivity index (χ1) is 4.91. The fraction of sp³-hybridized carbons (Fsp3) is 0.571. The van der Waals surface area contributed by atoms with Gasteiger partial charge in [0.2, 0.25) is 0 Å². The second-order valence-electron chi connectivity index (χ2n) is 2.68. The Morgan fingerprint density at radius 3 is 2.27 bits per heavy atom. The van der Waals surface area contributed by atoms with Crippen molar-refractivity contribution in [3.8, 4) is 0 Å². The molecular weight excluding hydrogens is 150 g/mol. The zero-order valence-electron chi connectivity index (χ0n) is 6.73. The van der Waals surface area contributed by atoms with Gasteiger partial charge in [-0.15, -0.1) is 0 Å². The van der Waals surface area contributed by atoms with Crippen molar-refractivity contribution in [3.05, 3.63) is 17.5 Å². The molecule has 0 amide bonds. The van der Waals surface area contributed by atoms with E-state index < -0.39 is 5.92 Å². The number of rotatable bonds is 1. The Balaban J connectivity index is 3.13. The third kappa shape index (κ3) is 1.56. The van der Waals surface area contributed by atoms with Crippen LogP contribution in [0.25, 0.3) is 0 Å². The Kier molecular flexibility index (Phi) is 1.70. The molecule has 2 nitrogen and oxygen atoms in total. The topological polar surface area (TPSA) is 17.8 Å². The molecule has 1 heterocycles. The van der Waals surface area contributed by atoms with Crippen molar-refractivity contribution >= 4 is 0 Å². The maximum Gasteiger partial charge on any atom is 0.286 e. The largest absolute Gasteiger partial charge is 0.286 e. The van der Waals surface area contributed by atoms with E-state index in [-0.39, 0.29) is 5.69 Å². The van der Waals surface area contributed by atoms with Crippen LogP contribution in [0.2, 0.25) is 0 Å². The van der Waals surface area contributed by atoms with E-state index in [4.69, 9.17) is 0 Å². The van der Waals surface area contributed by atoms with Crippen molar-refractivity contribution < 1.29 is 8.78 Å². The standard InChI is InChI=1S/C7H10F2N2/c1-5-4-6(7(2,8)9)11(3)10-5/h4H,1-3H3. The SMILES string of the molecule is Cc1cc(C(C)(F)F)n(C)n1. The van der Waals surface area contributed by atoms with Gasteiger partial charge in [0.25, 0.3) is 5.92 Å². The minimum absolute atomic E-state index is 0.0463. The summed E-state index contributed by atoms with van der Waals surface area (Å²) in [7, 11) is 1.51. The predicted molar refractivity (Wildman–Crippen MR) is 37.5 cm³/mol. The van der Waals surface area contributed by atoms with Crippen molar-refractivity contribution in [2.45, 2.75) is 19.8 Å². The molecule has 11 heavy (non-hydrogen) atoms. The number of aromatic nitrogens is 2. The van der Waals surface area contributed by atoms with E-state index >= 15 is 0 Å². The molecule has 0 spiro atoms. The Hall–Kier alpha value is -0.930. The number of hydrogen-bond donors (Lipinski definition) is 0. The summed E-state index contributed by atoms with van der Waals surface area (Å²) in [6.45, 7) is 2.55. The van der Waals surface area contributed by atoms with E-state index in [1.54, 1.807) is 6.92 Å². The van der Waals surface area contributed by atoms with E-state index in [1.165, 1.54) is 17.8 Å². The Labute approximate surface area is 63.8 Å². The first-order valence-corrected chi connectivity index (χ1v) is 3.30. The molecule has 0 saturated heterocycles. The zero-order chi connectivity index (χ0) is 8.65. The van der Waals surface area contributed by atoms with Crippen LogP contribution in [0.1, 0.15) is 18.3 Å². The first-order valence-electron chi connectivity index (χ1n) is 3.30. The van der Waals surface area contributed by atoms with Crippen LogP contribution >= 0.6 is 0 Å². The quantitative estimate of drug-likeness (QED) is 0.613. The Morgan fingerprint density at radius 1 is 1.55 bits per heavy atom. The van der Waals surface area contributed by atoms with E-state index in [1.807, 2.05) is 0 Å². The Morgan fingerprint density at radius 2 is 2.09 bits per heavy atom. The molecule has 0 bridgehead atoms. The number of alkyl halides is 2. The van der Waals surface area contributed by atoms with Crippen LogP contribution in [0.4, 0.5) is 8.78 Å². The van der Waals surface area contributed by atoms with Gasteiger partial charge in [0, 0.05) is 14.0 Å². The fourth-order valence-corrected chi connectivity index (χ4v) is 1.02. The smallest absolute Gasteiger partial charge is 0.266 e. The van der Waals surface area contributed by atoms with Gasteiger partial charge in [0.1, 0.15) is 5.69 Å². The highest BCUT2D eigenvalue weighted by Gasteiger charge is 2.28. The summed E-state index contributed by atoms with van der Waals surface area (Å²) in [5, 5.41) is 3.81. The van der Waals surface area contributed by atoms with Crippen molar-refractivity contribution in [1.29, 1.82) is 0 Å². The molecule has 0 N–H and O–H groups in total. The van der Waals surface area contributed by atoms with Gasteiger partial charge < -0.3 is 0 Å². The lowest BCUT2D eigenvalue weighted by molar-refractivity contribution is 0.00883. The number of aryl methyl sites for hydroxylation is 2. The van der Waals surface area contributed by atoms with Gasteiger partial charge in [0.05, 0.1) is 5.69 Å². The molecule has 0 aliphatic carbocycles. The van der Waals surface area contributed by atoms with Crippen molar-refractivity contribution in [1.82, 2.24) is 9.78 Å².